The lowest BCUT2D eigenvalue weighted by Gasteiger charge is -2.18. The number of allylic oxidation sites excluding steroid dienone is 1. The quantitative estimate of drug-likeness (QED) is 0.762. The Bertz CT molecular complexity index is 795. The third kappa shape index (κ3) is 3.38. The summed E-state index contributed by atoms with van der Waals surface area (Å²) in [6.07, 6.45) is 3.52. The monoisotopic (exact) mass is 338 g/mol. The highest BCUT2D eigenvalue weighted by atomic mass is 16.5. The van der Waals surface area contributed by atoms with Gasteiger partial charge in [0.25, 0.3) is 0 Å². The molecule has 2 aromatic carbocycles. The molecule has 0 amide bonds. The van der Waals surface area contributed by atoms with E-state index in [4.69, 9.17) is 14.2 Å². The van der Waals surface area contributed by atoms with Gasteiger partial charge in [0.15, 0.2) is 17.3 Å². The SMILES string of the molecule is CCOc1c(OC)cc(/C=C2\CCc3ccccc3C2=O)cc1OC. The summed E-state index contributed by atoms with van der Waals surface area (Å²) in [4.78, 5) is 12.7. The number of methoxy groups -OCH3 is 2. The first-order valence-corrected chi connectivity index (χ1v) is 8.40. The minimum Gasteiger partial charge on any atom is -0.493 e. The molecule has 1 aliphatic carbocycles. The largest absolute Gasteiger partial charge is 0.493 e. The van der Waals surface area contributed by atoms with Crippen LogP contribution in [-0.4, -0.2) is 26.6 Å². The Morgan fingerprint density at radius 1 is 1.04 bits per heavy atom. The van der Waals surface area contributed by atoms with Gasteiger partial charge >= 0.3 is 0 Å². The van der Waals surface area contributed by atoms with Crippen molar-refractivity contribution in [2.75, 3.05) is 20.8 Å². The number of aryl methyl sites for hydroxylation is 1. The van der Waals surface area contributed by atoms with E-state index in [1.807, 2.05) is 49.4 Å². The molecule has 0 unspecified atom stereocenters. The number of carbonyl (C=O) groups is 1. The van der Waals surface area contributed by atoms with E-state index in [-0.39, 0.29) is 5.78 Å². The van der Waals surface area contributed by atoms with Crippen LogP contribution < -0.4 is 14.2 Å². The number of fused-ring (bicyclic) bond motifs is 1. The van der Waals surface area contributed by atoms with Crippen LogP contribution in [0.2, 0.25) is 0 Å². The highest BCUT2D eigenvalue weighted by molar-refractivity contribution is 6.13. The Morgan fingerprint density at radius 2 is 1.72 bits per heavy atom. The molecule has 0 aliphatic heterocycles. The summed E-state index contributed by atoms with van der Waals surface area (Å²) in [7, 11) is 3.19. The van der Waals surface area contributed by atoms with Gasteiger partial charge in [-0.1, -0.05) is 24.3 Å². The molecule has 0 aromatic heterocycles. The fourth-order valence-electron chi connectivity index (χ4n) is 3.12. The second kappa shape index (κ2) is 7.43. The number of ketones is 1. The Labute approximate surface area is 148 Å². The van der Waals surface area contributed by atoms with Gasteiger partial charge in [0, 0.05) is 11.1 Å². The molecule has 1 aliphatic rings. The minimum absolute atomic E-state index is 0.0914. The van der Waals surface area contributed by atoms with Crippen LogP contribution in [0.1, 0.15) is 34.8 Å². The van der Waals surface area contributed by atoms with Crippen LogP contribution >= 0.6 is 0 Å². The predicted molar refractivity (Wildman–Crippen MR) is 97.8 cm³/mol. The molecule has 3 rings (SSSR count). The van der Waals surface area contributed by atoms with Crippen LogP contribution in [0.5, 0.6) is 17.2 Å². The highest BCUT2D eigenvalue weighted by Crippen LogP contribution is 2.39. The zero-order valence-electron chi connectivity index (χ0n) is 14.8. The second-order valence-electron chi connectivity index (χ2n) is 5.84. The van der Waals surface area contributed by atoms with Gasteiger partial charge in [-0.25, -0.2) is 0 Å². The van der Waals surface area contributed by atoms with Gasteiger partial charge in [-0.05, 0) is 49.1 Å². The van der Waals surface area contributed by atoms with Crippen LogP contribution in [0, 0.1) is 0 Å². The molecule has 130 valence electrons. The lowest BCUT2D eigenvalue weighted by molar-refractivity contribution is 0.102. The summed E-state index contributed by atoms with van der Waals surface area (Å²) in [5, 5.41) is 0. The molecule has 0 heterocycles. The fraction of sp³-hybridized carbons (Fsp3) is 0.286. The van der Waals surface area contributed by atoms with Crippen LogP contribution in [0.4, 0.5) is 0 Å². The molecule has 0 saturated heterocycles. The van der Waals surface area contributed by atoms with Crippen LogP contribution in [0.3, 0.4) is 0 Å². The van der Waals surface area contributed by atoms with Crippen molar-refractivity contribution >= 4 is 11.9 Å². The molecule has 0 atom stereocenters. The van der Waals surface area contributed by atoms with E-state index in [2.05, 4.69) is 0 Å². The van der Waals surface area contributed by atoms with Gasteiger partial charge in [0.1, 0.15) is 0 Å². The van der Waals surface area contributed by atoms with E-state index in [1.54, 1.807) is 14.2 Å². The number of ether oxygens (including phenoxy) is 3. The minimum atomic E-state index is 0.0914. The van der Waals surface area contributed by atoms with Gasteiger partial charge in [0.05, 0.1) is 20.8 Å². The molecule has 25 heavy (non-hydrogen) atoms. The van der Waals surface area contributed by atoms with Crippen molar-refractivity contribution in [2.45, 2.75) is 19.8 Å². The lowest BCUT2D eigenvalue weighted by atomic mass is 9.86. The van der Waals surface area contributed by atoms with Gasteiger partial charge in [-0.15, -0.1) is 0 Å². The molecular formula is C21H22O4. The number of hydrogen-bond donors (Lipinski definition) is 0. The van der Waals surface area contributed by atoms with E-state index in [1.165, 1.54) is 0 Å². The molecule has 0 N–H and O–H groups in total. The lowest BCUT2D eigenvalue weighted by Crippen LogP contribution is -2.13. The molecule has 0 radical (unpaired) electrons. The first-order chi connectivity index (χ1) is 12.2. The Hall–Kier alpha value is -2.75. The van der Waals surface area contributed by atoms with Crippen molar-refractivity contribution in [3.63, 3.8) is 0 Å². The van der Waals surface area contributed by atoms with Crippen molar-refractivity contribution in [2.24, 2.45) is 0 Å². The fourth-order valence-corrected chi connectivity index (χ4v) is 3.12. The molecule has 2 aromatic rings. The zero-order valence-corrected chi connectivity index (χ0v) is 14.8. The predicted octanol–water partition coefficient (Wildman–Crippen LogP) is 4.32. The second-order valence-corrected chi connectivity index (χ2v) is 5.84. The number of benzene rings is 2. The average molecular weight is 338 g/mol. The van der Waals surface area contributed by atoms with Crippen molar-refractivity contribution < 1.29 is 19.0 Å². The molecular weight excluding hydrogens is 316 g/mol. The van der Waals surface area contributed by atoms with E-state index >= 15 is 0 Å². The standard InChI is InChI=1S/C21H22O4/c1-4-25-21-18(23-2)12-14(13-19(21)24-3)11-16-10-9-15-7-5-6-8-17(15)20(16)22/h5-8,11-13H,4,9-10H2,1-3H3/b16-11+. The number of carbonyl (C=O) groups excluding carboxylic acids is 1. The highest BCUT2D eigenvalue weighted by Gasteiger charge is 2.22. The van der Waals surface area contributed by atoms with Crippen molar-refractivity contribution in [1.29, 1.82) is 0 Å². The van der Waals surface area contributed by atoms with E-state index in [0.717, 1.165) is 35.1 Å². The van der Waals surface area contributed by atoms with Crippen LogP contribution in [0.25, 0.3) is 6.08 Å². The third-order valence-electron chi connectivity index (χ3n) is 4.33. The van der Waals surface area contributed by atoms with Gasteiger partial charge in [0.2, 0.25) is 5.75 Å². The van der Waals surface area contributed by atoms with Crippen molar-refractivity contribution in [3.05, 3.63) is 58.7 Å². The molecule has 4 nitrogen and oxygen atoms in total. The summed E-state index contributed by atoms with van der Waals surface area (Å²) in [6, 6.07) is 11.5. The van der Waals surface area contributed by atoms with Gasteiger partial charge in [-0.3, -0.25) is 4.79 Å². The van der Waals surface area contributed by atoms with E-state index < -0.39 is 0 Å². The molecule has 0 fully saturated rings. The number of rotatable bonds is 5. The molecule has 0 saturated carbocycles. The Morgan fingerprint density at radius 3 is 2.36 bits per heavy atom. The zero-order chi connectivity index (χ0) is 17.8. The van der Waals surface area contributed by atoms with Crippen LogP contribution in [-0.2, 0) is 6.42 Å². The van der Waals surface area contributed by atoms with E-state index in [9.17, 15) is 4.79 Å². The summed E-state index contributed by atoms with van der Waals surface area (Å²) < 4.78 is 16.5. The summed E-state index contributed by atoms with van der Waals surface area (Å²) in [6.45, 7) is 2.43. The maximum Gasteiger partial charge on any atom is 0.203 e. The summed E-state index contributed by atoms with van der Waals surface area (Å²) in [5.74, 6) is 1.86. The maximum atomic E-state index is 12.7. The van der Waals surface area contributed by atoms with Gasteiger partial charge in [-0.2, -0.15) is 0 Å². The topological polar surface area (TPSA) is 44.8 Å². The van der Waals surface area contributed by atoms with Gasteiger partial charge < -0.3 is 14.2 Å². The Kier molecular flexibility index (Phi) is 5.08. The summed E-state index contributed by atoms with van der Waals surface area (Å²) >= 11 is 0. The number of Topliss-reactive ketones (excluding diaryl/α,β-unsaturated/α-hetero) is 1. The summed E-state index contributed by atoms with van der Waals surface area (Å²) in [5.41, 5.74) is 3.57. The normalized spacial score (nSPS) is 15.0. The average Bonchev–Trinajstić information content (AvgIpc) is 2.65. The maximum absolute atomic E-state index is 12.7. The first-order valence-electron chi connectivity index (χ1n) is 8.40. The third-order valence-corrected chi connectivity index (χ3v) is 4.33. The Balaban J connectivity index is 2.00. The van der Waals surface area contributed by atoms with Crippen molar-refractivity contribution in [3.8, 4) is 17.2 Å². The van der Waals surface area contributed by atoms with Crippen molar-refractivity contribution in [1.82, 2.24) is 0 Å². The first kappa shape index (κ1) is 17.1. The van der Waals surface area contributed by atoms with Crippen LogP contribution in [0.15, 0.2) is 42.0 Å². The van der Waals surface area contributed by atoms with E-state index in [0.29, 0.717) is 23.9 Å². The smallest absolute Gasteiger partial charge is 0.203 e. The molecule has 0 bridgehead atoms. The molecule has 0 spiro atoms. The number of hydrogen-bond acceptors (Lipinski definition) is 4. The molecule has 4 heteroatoms.